The molecule has 2 aromatic carbocycles. The van der Waals surface area contributed by atoms with Gasteiger partial charge in [-0.1, -0.05) is 30.3 Å². The molecule has 25 heavy (non-hydrogen) atoms. The summed E-state index contributed by atoms with van der Waals surface area (Å²) in [4.78, 5) is 12.2. The topological polar surface area (TPSA) is 99.1 Å². The normalized spacial score (nSPS) is 10.8. The minimum Gasteiger partial charge on any atom is -0.352 e. The van der Waals surface area contributed by atoms with Crippen molar-refractivity contribution in [3.05, 3.63) is 65.7 Å². The number of rotatable bonds is 8. The largest absolute Gasteiger partial charge is 0.352 e. The molecule has 0 heterocycles. The first-order valence-corrected chi connectivity index (χ1v) is 9.30. The van der Waals surface area contributed by atoms with Crippen LogP contribution in [0.3, 0.4) is 0 Å². The number of nitriles is 1. The second-order valence-electron chi connectivity index (χ2n) is 5.32. The third kappa shape index (κ3) is 5.71. The number of sulfonamides is 1. The Bertz CT molecular complexity index is 841. The number of nitrogens with one attached hydrogen (secondary N) is 2. The third-order valence-corrected chi connectivity index (χ3v) is 4.97. The Morgan fingerprint density at radius 3 is 2.32 bits per heavy atom. The van der Waals surface area contributed by atoms with Gasteiger partial charge in [0.05, 0.1) is 11.0 Å². The van der Waals surface area contributed by atoms with E-state index in [9.17, 15) is 13.2 Å². The molecule has 0 unspecified atom stereocenters. The van der Waals surface area contributed by atoms with Gasteiger partial charge in [-0.2, -0.15) is 5.26 Å². The SMILES string of the molecule is N#CCCNS(=O)(=O)c1ccc(C(=O)NCCc2ccccc2)cc1. The average molecular weight is 357 g/mol. The van der Waals surface area contributed by atoms with Gasteiger partial charge in [0.2, 0.25) is 10.0 Å². The van der Waals surface area contributed by atoms with Crippen molar-refractivity contribution in [1.82, 2.24) is 10.0 Å². The molecule has 0 saturated heterocycles. The van der Waals surface area contributed by atoms with E-state index in [0.717, 1.165) is 12.0 Å². The first kappa shape index (κ1) is 18.6. The first-order valence-electron chi connectivity index (χ1n) is 7.82. The van der Waals surface area contributed by atoms with E-state index in [1.807, 2.05) is 36.4 Å². The number of nitrogens with zero attached hydrogens (tertiary/aromatic N) is 1. The summed E-state index contributed by atoms with van der Waals surface area (Å²) in [6, 6.07) is 17.4. The fraction of sp³-hybridized carbons (Fsp3) is 0.222. The second kappa shape index (κ2) is 8.97. The Labute approximate surface area is 147 Å². The predicted octanol–water partition coefficient (Wildman–Crippen LogP) is 1.85. The smallest absolute Gasteiger partial charge is 0.251 e. The van der Waals surface area contributed by atoms with Crippen LogP contribution in [0.4, 0.5) is 0 Å². The highest BCUT2D eigenvalue weighted by molar-refractivity contribution is 7.89. The summed E-state index contributed by atoms with van der Waals surface area (Å²) in [5.74, 6) is -0.252. The van der Waals surface area contributed by atoms with E-state index in [-0.39, 0.29) is 23.8 Å². The third-order valence-electron chi connectivity index (χ3n) is 3.50. The van der Waals surface area contributed by atoms with E-state index in [2.05, 4.69) is 10.0 Å². The summed E-state index contributed by atoms with van der Waals surface area (Å²) in [6.07, 6.45) is 0.822. The molecule has 2 N–H and O–H groups in total. The van der Waals surface area contributed by atoms with Crippen LogP contribution < -0.4 is 10.0 Å². The van der Waals surface area contributed by atoms with Crippen molar-refractivity contribution in [3.8, 4) is 6.07 Å². The molecule has 2 aromatic rings. The van der Waals surface area contributed by atoms with Crippen LogP contribution in [-0.2, 0) is 16.4 Å². The number of amides is 1. The molecule has 0 aliphatic rings. The number of hydrogen-bond donors (Lipinski definition) is 2. The van der Waals surface area contributed by atoms with Crippen LogP contribution in [0.25, 0.3) is 0 Å². The average Bonchev–Trinajstić information content (AvgIpc) is 2.63. The van der Waals surface area contributed by atoms with Gasteiger partial charge in [0, 0.05) is 25.1 Å². The molecule has 0 spiro atoms. The summed E-state index contributed by atoms with van der Waals surface area (Å²) in [7, 11) is -3.66. The van der Waals surface area contributed by atoms with Crippen LogP contribution in [0.2, 0.25) is 0 Å². The minimum atomic E-state index is -3.66. The molecule has 130 valence electrons. The molecular formula is C18H19N3O3S. The maximum Gasteiger partial charge on any atom is 0.251 e. The highest BCUT2D eigenvalue weighted by Gasteiger charge is 2.14. The van der Waals surface area contributed by atoms with Crippen LogP contribution in [0.5, 0.6) is 0 Å². The van der Waals surface area contributed by atoms with Crippen molar-refractivity contribution in [2.45, 2.75) is 17.7 Å². The molecule has 0 saturated carbocycles. The lowest BCUT2D eigenvalue weighted by Crippen LogP contribution is -2.26. The highest BCUT2D eigenvalue weighted by atomic mass is 32.2. The second-order valence-corrected chi connectivity index (χ2v) is 7.09. The lowest BCUT2D eigenvalue weighted by atomic mass is 10.1. The molecule has 6 nitrogen and oxygen atoms in total. The van der Waals surface area contributed by atoms with Crippen molar-refractivity contribution in [2.75, 3.05) is 13.1 Å². The van der Waals surface area contributed by atoms with Gasteiger partial charge in [-0.25, -0.2) is 13.1 Å². The predicted molar refractivity (Wildman–Crippen MR) is 94.3 cm³/mol. The van der Waals surface area contributed by atoms with Crippen LogP contribution in [-0.4, -0.2) is 27.4 Å². The minimum absolute atomic E-state index is 0.0561. The van der Waals surface area contributed by atoms with Crippen LogP contribution >= 0.6 is 0 Å². The quantitative estimate of drug-likeness (QED) is 0.704. The van der Waals surface area contributed by atoms with Crippen LogP contribution in [0, 0.1) is 11.3 Å². The summed E-state index contributed by atoms with van der Waals surface area (Å²) >= 11 is 0. The Morgan fingerprint density at radius 2 is 1.68 bits per heavy atom. The summed E-state index contributed by atoms with van der Waals surface area (Å²) in [6.45, 7) is 0.555. The molecule has 0 radical (unpaired) electrons. The maximum atomic E-state index is 12.1. The van der Waals surface area contributed by atoms with Crippen molar-refractivity contribution in [2.24, 2.45) is 0 Å². The van der Waals surface area contributed by atoms with Gasteiger partial charge in [-0.15, -0.1) is 0 Å². The van der Waals surface area contributed by atoms with E-state index in [1.165, 1.54) is 24.3 Å². The fourth-order valence-electron chi connectivity index (χ4n) is 2.18. The Morgan fingerprint density at radius 1 is 1.00 bits per heavy atom. The van der Waals surface area contributed by atoms with Gasteiger partial charge in [-0.05, 0) is 36.2 Å². The zero-order chi connectivity index (χ0) is 18.1. The summed E-state index contributed by atoms with van der Waals surface area (Å²) in [5, 5.41) is 11.3. The fourth-order valence-corrected chi connectivity index (χ4v) is 3.21. The zero-order valence-corrected chi connectivity index (χ0v) is 14.4. The van der Waals surface area contributed by atoms with Crippen molar-refractivity contribution in [3.63, 3.8) is 0 Å². The number of hydrogen-bond acceptors (Lipinski definition) is 4. The number of carbonyl (C=O) groups excluding carboxylic acids is 1. The van der Waals surface area contributed by atoms with E-state index >= 15 is 0 Å². The maximum absolute atomic E-state index is 12.1. The van der Waals surface area contributed by atoms with Gasteiger partial charge in [0.25, 0.3) is 5.91 Å². The van der Waals surface area contributed by atoms with Gasteiger partial charge >= 0.3 is 0 Å². The zero-order valence-electron chi connectivity index (χ0n) is 13.6. The van der Waals surface area contributed by atoms with Crippen LogP contribution in [0.15, 0.2) is 59.5 Å². The molecule has 0 bridgehead atoms. The van der Waals surface area contributed by atoms with E-state index in [4.69, 9.17) is 5.26 Å². The van der Waals surface area contributed by atoms with Gasteiger partial charge in [-0.3, -0.25) is 4.79 Å². The summed E-state index contributed by atoms with van der Waals surface area (Å²) in [5.41, 5.74) is 1.52. The highest BCUT2D eigenvalue weighted by Crippen LogP contribution is 2.10. The molecule has 0 aromatic heterocycles. The van der Waals surface area contributed by atoms with Gasteiger partial charge in [0.15, 0.2) is 0 Å². The lowest BCUT2D eigenvalue weighted by Gasteiger charge is -2.08. The van der Waals surface area contributed by atoms with E-state index in [0.29, 0.717) is 12.1 Å². The molecule has 0 aliphatic carbocycles. The molecule has 7 heteroatoms. The Balaban J connectivity index is 1.90. The molecule has 1 amide bonds. The molecule has 2 rings (SSSR count). The van der Waals surface area contributed by atoms with Crippen LogP contribution in [0.1, 0.15) is 22.3 Å². The molecular weight excluding hydrogens is 338 g/mol. The van der Waals surface area contributed by atoms with Crippen molar-refractivity contribution >= 4 is 15.9 Å². The number of benzene rings is 2. The first-order chi connectivity index (χ1) is 12.0. The van der Waals surface area contributed by atoms with Gasteiger partial charge in [0.1, 0.15) is 0 Å². The standard InChI is InChI=1S/C18H19N3O3S/c19-12-4-13-21-25(23,24)17-9-7-16(8-10-17)18(22)20-14-11-15-5-2-1-3-6-15/h1-3,5-10,21H,4,11,13-14H2,(H,20,22). The number of carbonyl (C=O) groups is 1. The molecule has 0 aliphatic heterocycles. The Hall–Kier alpha value is -2.69. The van der Waals surface area contributed by atoms with E-state index < -0.39 is 10.0 Å². The van der Waals surface area contributed by atoms with Gasteiger partial charge < -0.3 is 5.32 Å². The lowest BCUT2D eigenvalue weighted by molar-refractivity contribution is 0.0954. The molecule has 0 fully saturated rings. The monoisotopic (exact) mass is 357 g/mol. The summed E-state index contributed by atoms with van der Waals surface area (Å²) < 4.78 is 26.3. The molecule has 0 atom stereocenters. The van der Waals surface area contributed by atoms with E-state index in [1.54, 1.807) is 0 Å². The Kier molecular flexibility index (Phi) is 6.69. The van der Waals surface area contributed by atoms with Crippen molar-refractivity contribution in [1.29, 1.82) is 5.26 Å². The van der Waals surface area contributed by atoms with Crippen molar-refractivity contribution < 1.29 is 13.2 Å².